The van der Waals surface area contributed by atoms with Crippen molar-refractivity contribution in [3.8, 4) is 0 Å². The van der Waals surface area contributed by atoms with Crippen LogP contribution in [0.15, 0.2) is 11.6 Å². The Hall–Kier alpha value is -0.380. The van der Waals surface area contributed by atoms with E-state index in [-0.39, 0.29) is 24.5 Å². The number of hydrogen-bond acceptors (Lipinski definition) is 3. The maximum Gasteiger partial charge on any atom is 0.0813 e. The number of aliphatic hydroxyl groups excluding tert-OH is 3. The maximum atomic E-state index is 10.2. The van der Waals surface area contributed by atoms with E-state index in [0.29, 0.717) is 17.8 Å². The zero-order valence-electron chi connectivity index (χ0n) is 11.6. The first-order valence-corrected chi connectivity index (χ1v) is 7.06. The van der Waals surface area contributed by atoms with E-state index in [1.54, 1.807) is 0 Å². The van der Waals surface area contributed by atoms with Crippen molar-refractivity contribution in [3.63, 3.8) is 0 Å². The molecule has 0 aliphatic heterocycles. The van der Waals surface area contributed by atoms with Gasteiger partial charge >= 0.3 is 0 Å². The molecule has 2 aliphatic carbocycles. The Labute approximate surface area is 110 Å². The van der Waals surface area contributed by atoms with Gasteiger partial charge in [0, 0.05) is 5.92 Å². The SMILES string of the molecule is CC(C)[C@H]1CC[C@@]2(C)C(CO)=C[C@@H]1[C@@H]2[C@@H](O)CO. The van der Waals surface area contributed by atoms with Crippen LogP contribution in [0.2, 0.25) is 0 Å². The highest BCUT2D eigenvalue weighted by Crippen LogP contribution is 2.59. The molecule has 0 aromatic rings. The zero-order valence-corrected chi connectivity index (χ0v) is 11.6. The highest BCUT2D eigenvalue weighted by atomic mass is 16.3. The Morgan fingerprint density at radius 3 is 2.56 bits per heavy atom. The van der Waals surface area contributed by atoms with E-state index < -0.39 is 6.10 Å². The van der Waals surface area contributed by atoms with E-state index in [4.69, 9.17) is 0 Å². The van der Waals surface area contributed by atoms with Gasteiger partial charge in [-0.15, -0.1) is 0 Å². The molecule has 0 radical (unpaired) electrons. The average molecular weight is 254 g/mol. The van der Waals surface area contributed by atoms with E-state index in [2.05, 4.69) is 26.8 Å². The minimum atomic E-state index is -0.679. The largest absolute Gasteiger partial charge is 0.394 e. The number of rotatable bonds is 4. The van der Waals surface area contributed by atoms with Gasteiger partial charge in [0.2, 0.25) is 0 Å². The van der Waals surface area contributed by atoms with E-state index in [1.807, 2.05) is 0 Å². The smallest absolute Gasteiger partial charge is 0.0813 e. The van der Waals surface area contributed by atoms with Crippen molar-refractivity contribution in [3.05, 3.63) is 11.6 Å². The summed E-state index contributed by atoms with van der Waals surface area (Å²) in [6.45, 7) is 6.47. The van der Waals surface area contributed by atoms with Crippen molar-refractivity contribution in [1.29, 1.82) is 0 Å². The molecule has 0 heterocycles. The van der Waals surface area contributed by atoms with Crippen LogP contribution in [0.3, 0.4) is 0 Å². The van der Waals surface area contributed by atoms with Crippen LogP contribution < -0.4 is 0 Å². The molecule has 104 valence electrons. The Kier molecular flexibility index (Phi) is 3.86. The average Bonchev–Trinajstić information content (AvgIpc) is 2.52. The van der Waals surface area contributed by atoms with E-state index >= 15 is 0 Å². The molecule has 3 heteroatoms. The summed E-state index contributed by atoms with van der Waals surface area (Å²) < 4.78 is 0. The molecule has 1 saturated carbocycles. The molecule has 0 saturated heterocycles. The number of aliphatic hydroxyl groups is 3. The minimum Gasteiger partial charge on any atom is -0.394 e. The highest BCUT2D eigenvalue weighted by molar-refractivity contribution is 5.29. The van der Waals surface area contributed by atoms with Crippen molar-refractivity contribution in [2.45, 2.75) is 39.7 Å². The predicted octanol–water partition coefficient (Wildman–Crippen LogP) is 1.58. The molecule has 2 aliphatic rings. The normalized spacial score (nSPS) is 41.1. The van der Waals surface area contributed by atoms with Crippen molar-refractivity contribution < 1.29 is 15.3 Å². The van der Waals surface area contributed by atoms with Crippen molar-refractivity contribution in [2.75, 3.05) is 13.2 Å². The van der Waals surface area contributed by atoms with Crippen molar-refractivity contribution in [2.24, 2.45) is 29.1 Å². The van der Waals surface area contributed by atoms with Gasteiger partial charge in [0.25, 0.3) is 0 Å². The van der Waals surface area contributed by atoms with Crippen LogP contribution in [-0.4, -0.2) is 34.6 Å². The summed E-state index contributed by atoms with van der Waals surface area (Å²) in [5.41, 5.74) is 0.931. The minimum absolute atomic E-state index is 0.0609. The van der Waals surface area contributed by atoms with Crippen LogP contribution in [0.25, 0.3) is 0 Å². The highest BCUT2D eigenvalue weighted by Gasteiger charge is 2.54. The fourth-order valence-corrected chi connectivity index (χ4v) is 4.35. The lowest BCUT2D eigenvalue weighted by atomic mass is 9.58. The molecular weight excluding hydrogens is 228 g/mol. The molecule has 0 aromatic heterocycles. The van der Waals surface area contributed by atoms with Crippen LogP contribution in [0.1, 0.15) is 33.6 Å². The summed E-state index contributed by atoms with van der Waals surface area (Å²) in [5.74, 6) is 1.48. The van der Waals surface area contributed by atoms with Crippen molar-refractivity contribution in [1.82, 2.24) is 0 Å². The Morgan fingerprint density at radius 1 is 1.39 bits per heavy atom. The Morgan fingerprint density at radius 2 is 2.06 bits per heavy atom. The molecule has 3 nitrogen and oxygen atoms in total. The standard InChI is InChI=1S/C15H26O3/c1-9(2)11-4-5-15(3)10(7-16)6-12(11)14(15)13(18)8-17/h6,9,11-14,16-18H,4-5,7-8H2,1-3H3/t11-,12+,13+,14-,15+/m1/s1. The summed E-state index contributed by atoms with van der Waals surface area (Å²) in [4.78, 5) is 0. The van der Waals surface area contributed by atoms with Gasteiger partial charge in [-0.3, -0.25) is 0 Å². The maximum absolute atomic E-state index is 10.2. The third kappa shape index (κ3) is 1.93. The van der Waals surface area contributed by atoms with E-state index in [0.717, 1.165) is 18.4 Å². The zero-order chi connectivity index (χ0) is 13.5. The lowest BCUT2D eigenvalue weighted by Crippen LogP contribution is -2.46. The van der Waals surface area contributed by atoms with Crippen molar-refractivity contribution >= 4 is 0 Å². The second kappa shape index (κ2) is 4.95. The summed E-state index contributed by atoms with van der Waals surface area (Å²) in [6.07, 6.45) is 3.65. The van der Waals surface area contributed by atoms with Gasteiger partial charge in [-0.25, -0.2) is 0 Å². The predicted molar refractivity (Wildman–Crippen MR) is 70.9 cm³/mol. The van der Waals surface area contributed by atoms with Crippen LogP contribution in [0.4, 0.5) is 0 Å². The third-order valence-corrected chi connectivity index (χ3v) is 5.40. The van der Waals surface area contributed by atoms with Crippen LogP contribution in [-0.2, 0) is 0 Å². The van der Waals surface area contributed by atoms with Gasteiger partial charge in [-0.05, 0) is 41.6 Å². The summed E-state index contributed by atoms with van der Waals surface area (Å²) in [7, 11) is 0. The summed E-state index contributed by atoms with van der Waals surface area (Å²) in [6, 6.07) is 0. The van der Waals surface area contributed by atoms with Gasteiger partial charge in [-0.1, -0.05) is 26.8 Å². The van der Waals surface area contributed by atoms with Crippen LogP contribution in [0.5, 0.6) is 0 Å². The van der Waals surface area contributed by atoms with E-state index in [9.17, 15) is 15.3 Å². The molecule has 1 fully saturated rings. The molecule has 5 atom stereocenters. The van der Waals surface area contributed by atoms with Gasteiger partial charge in [0.15, 0.2) is 0 Å². The van der Waals surface area contributed by atoms with E-state index in [1.165, 1.54) is 0 Å². The second-order valence-electron chi connectivity index (χ2n) is 6.57. The monoisotopic (exact) mass is 254 g/mol. The number of fused-ring (bicyclic) bond motifs is 2. The molecule has 18 heavy (non-hydrogen) atoms. The van der Waals surface area contributed by atoms with Gasteiger partial charge in [-0.2, -0.15) is 0 Å². The number of allylic oxidation sites excluding steroid dienone is 1. The van der Waals surface area contributed by atoms with Gasteiger partial charge in [0.05, 0.1) is 19.3 Å². The molecular formula is C15H26O3. The van der Waals surface area contributed by atoms with Crippen LogP contribution >= 0.6 is 0 Å². The van der Waals surface area contributed by atoms with Gasteiger partial charge in [0.1, 0.15) is 0 Å². The molecule has 3 N–H and O–H groups in total. The first-order chi connectivity index (χ1) is 8.45. The number of hydrogen-bond donors (Lipinski definition) is 3. The fourth-order valence-electron chi connectivity index (χ4n) is 4.35. The van der Waals surface area contributed by atoms with Gasteiger partial charge < -0.3 is 15.3 Å². The summed E-state index contributed by atoms with van der Waals surface area (Å²) in [5, 5.41) is 29.1. The topological polar surface area (TPSA) is 60.7 Å². The molecule has 0 unspecified atom stereocenters. The lowest BCUT2D eigenvalue weighted by Gasteiger charge is -2.47. The molecule has 2 rings (SSSR count). The molecule has 0 aromatic carbocycles. The first-order valence-electron chi connectivity index (χ1n) is 7.06. The molecule has 2 bridgehead atoms. The Balaban J connectivity index is 2.36. The molecule has 0 spiro atoms. The summed E-state index contributed by atoms with van der Waals surface area (Å²) >= 11 is 0. The molecule has 0 amide bonds. The second-order valence-corrected chi connectivity index (χ2v) is 6.57. The first kappa shape index (κ1) is 14.0. The quantitative estimate of drug-likeness (QED) is 0.668. The third-order valence-electron chi connectivity index (χ3n) is 5.40. The lowest BCUT2D eigenvalue weighted by molar-refractivity contribution is -0.0516. The van der Waals surface area contributed by atoms with Crippen LogP contribution in [0, 0.1) is 29.1 Å². The fraction of sp³-hybridized carbons (Fsp3) is 0.867. The Bertz CT molecular complexity index is 337.